The van der Waals surface area contributed by atoms with Crippen molar-refractivity contribution in [3.05, 3.63) is 88.9 Å². The molecule has 1 amide bonds. The van der Waals surface area contributed by atoms with Crippen molar-refractivity contribution in [2.45, 2.75) is 5.75 Å². The van der Waals surface area contributed by atoms with Crippen LogP contribution in [0.2, 0.25) is 0 Å². The summed E-state index contributed by atoms with van der Waals surface area (Å²) in [6, 6.07) is 25.1. The first-order chi connectivity index (χ1) is 12.7. The van der Waals surface area contributed by atoms with Crippen molar-refractivity contribution in [2.24, 2.45) is 0 Å². The van der Waals surface area contributed by atoms with E-state index in [0.717, 1.165) is 27.4 Å². The topological polar surface area (TPSA) is 38.3 Å². The molecule has 0 aromatic heterocycles. The molecular weight excluding hydrogens is 410 g/mol. The zero-order valence-electron chi connectivity index (χ0n) is 14.0. The Hall–Kier alpha value is -2.24. The Morgan fingerprint density at radius 3 is 2.38 bits per heavy atom. The van der Waals surface area contributed by atoms with Crippen LogP contribution in [0.15, 0.2) is 83.3 Å². The summed E-state index contributed by atoms with van der Waals surface area (Å²) in [5, 5.41) is 2.91. The number of hydrogen-bond donors (Lipinski definition) is 1. The predicted molar refractivity (Wildman–Crippen MR) is 112 cm³/mol. The fraction of sp³-hybridized carbons (Fsp3) is 0.0952. The number of carbonyl (C=O) groups excluding carboxylic acids is 1. The van der Waals surface area contributed by atoms with Gasteiger partial charge in [0.15, 0.2) is 0 Å². The van der Waals surface area contributed by atoms with Crippen LogP contribution in [0.5, 0.6) is 11.5 Å². The first kappa shape index (κ1) is 18.5. The SMILES string of the molecule is O=C(CSCc1cccc(Br)c1)Nc1ccc(Oc2ccccc2)cc1. The lowest BCUT2D eigenvalue weighted by atomic mass is 10.2. The number of para-hydroxylation sites is 1. The van der Waals surface area contributed by atoms with E-state index in [9.17, 15) is 4.79 Å². The van der Waals surface area contributed by atoms with Gasteiger partial charge in [0.25, 0.3) is 0 Å². The average Bonchev–Trinajstić information content (AvgIpc) is 2.64. The molecule has 0 fully saturated rings. The van der Waals surface area contributed by atoms with Gasteiger partial charge in [-0.05, 0) is 54.1 Å². The fourth-order valence-electron chi connectivity index (χ4n) is 2.32. The van der Waals surface area contributed by atoms with E-state index in [4.69, 9.17) is 4.74 Å². The van der Waals surface area contributed by atoms with Gasteiger partial charge < -0.3 is 10.1 Å². The number of thioether (sulfide) groups is 1. The molecule has 0 radical (unpaired) electrons. The lowest BCUT2D eigenvalue weighted by molar-refractivity contribution is -0.113. The van der Waals surface area contributed by atoms with Crippen LogP contribution in [0.3, 0.4) is 0 Å². The van der Waals surface area contributed by atoms with Crippen molar-refractivity contribution in [1.29, 1.82) is 0 Å². The van der Waals surface area contributed by atoms with Crippen LogP contribution < -0.4 is 10.1 Å². The van der Waals surface area contributed by atoms with Gasteiger partial charge in [-0.25, -0.2) is 0 Å². The van der Waals surface area contributed by atoms with Crippen LogP contribution in [-0.2, 0) is 10.5 Å². The third kappa shape index (κ3) is 5.93. The van der Waals surface area contributed by atoms with Gasteiger partial charge in [0, 0.05) is 15.9 Å². The second-order valence-corrected chi connectivity index (χ2v) is 7.51. The number of nitrogens with one attached hydrogen (secondary N) is 1. The number of halogens is 1. The van der Waals surface area contributed by atoms with Gasteiger partial charge in [-0.2, -0.15) is 0 Å². The number of ether oxygens (including phenoxy) is 1. The zero-order chi connectivity index (χ0) is 18.2. The van der Waals surface area contributed by atoms with Crippen molar-refractivity contribution < 1.29 is 9.53 Å². The normalized spacial score (nSPS) is 10.3. The van der Waals surface area contributed by atoms with Crippen LogP contribution >= 0.6 is 27.7 Å². The quantitative estimate of drug-likeness (QED) is 0.493. The van der Waals surface area contributed by atoms with Crippen LogP contribution in [0, 0.1) is 0 Å². The minimum absolute atomic E-state index is 0.0123. The Morgan fingerprint density at radius 1 is 0.923 bits per heavy atom. The van der Waals surface area contributed by atoms with Crippen LogP contribution in [0.25, 0.3) is 0 Å². The van der Waals surface area contributed by atoms with Gasteiger partial charge in [-0.3, -0.25) is 4.79 Å². The molecule has 3 rings (SSSR count). The van der Waals surface area contributed by atoms with Crippen molar-refractivity contribution in [3.63, 3.8) is 0 Å². The van der Waals surface area contributed by atoms with Crippen LogP contribution in [-0.4, -0.2) is 11.7 Å². The van der Waals surface area contributed by atoms with Crippen molar-refractivity contribution in [3.8, 4) is 11.5 Å². The lowest BCUT2D eigenvalue weighted by Crippen LogP contribution is -2.14. The maximum absolute atomic E-state index is 12.1. The number of hydrogen-bond acceptors (Lipinski definition) is 3. The van der Waals surface area contributed by atoms with Gasteiger partial charge in [0.05, 0.1) is 5.75 Å². The number of rotatable bonds is 7. The molecule has 0 saturated heterocycles. The van der Waals surface area contributed by atoms with Crippen LogP contribution in [0.1, 0.15) is 5.56 Å². The fourth-order valence-corrected chi connectivity index (χ4v) is 3.54. The standard InChI is InChI=1S/C21H18BrNO2S/c22-17-6-4-5-16(13-17)14-26-15-21(24)23-18-9-11-20(12-10-18)25-19-7-2-1-3-8-19/h1-13H,14-15H2,(H,23,24). The predicted octanol–water partition coefficient (Wildman–Crippen LogP) is 6.11. The highest BCUT2D eigenvalue weighted by molar-refractivity contribution is 9.10. The van der Waals surface area contributed by atoms with Crippen molar-refractivity contribution in [2.75, 3.05) is 11.1 Å². The summed E-state index contributed by atoms with van der Waals surface area (Å²) in [5.41, 5.74) is 1.96. The summed E-state index contributed by atoms with van der Waals surface area (Å²) in [6.45, 7) is 0. The molecule has 0 unspecified atom stereocenters. The van der Waals surface area contributed by atoms with Gasteiger partial charge in [-0.15, -0.1) is 11.8 Å². The Kier molecular flexibility index (Phi) is 6.75. The summed E-state index contributed by atoms with van der Waals surface area (Å²) in [4.78, 5) is 12.1. The van der Waals surface area contributed by atoms with E-state index >= 15 is 0 Å². The van der Waals surface area contributed by atoms with E-state index in [1.165, 1.54) is 5.56 Å². The molecule has 3 aromatic carbocycles. The van der Waals surface area contributed by atoms with Crippen LogP contribution in [0.4, 0.5) is 5.69 Å². The summed E-state index contributed by atoms with van der Waals surface area (Å²) in [5.74, 6) is 2.72. The van der Waals surface area contributed by atoms with E-state index in [0.29, 0.717) is 5.75 Å². The molecule has 0 saturated carbocycles. The highest BCUT2D eigenvalue weighted by Crippen LogP contribution is 2.23. The molecule has 0 aliphatic carbocycles. The molecule has 0 atom stereocenters. The maximum Gasteiger partial charge on any atom is 0.234 e. The number of anilines is 1. The summed E-state index contributed by atoms with van der Waals surface area (Å²) >= 11 is 5.04. The number of benzene rings is 3. The minimum Gasteiger partial charge on any atom is -0.457 e. The summed E-state index contributed by atoms with van der Waals surface area (Å²) in [6.07, 6.45) is 0. The lowest BCUT2D eigenvalue weighted by Gasteiger charge is -2.08. The molecule has 3 nitrogen and oxygen atoms in total. The van der Waals surface area contributed by atoms with E-state index in [-0.39, 0.29) is 5.91 Å². The second kappa shape index (κ2) is 9.46. The largest absolute Gasteiger partial charge is 0.457 e. The Balaban J connectivity index is 1.45. The molecule has 1 N–H and O–H groups in total. The molecule has 0 heterocycles. The Bertz CT molecular complexity index is 853. The molecule has 132 valence electrons. The first-order valence-electron chi connectivity index (χ1n) is 8.14. The first-order valence-corrected chi connectivity index (χ1v) is 10.1. The highest BCUT2D eigenvalue weighted by atomic mass is 79.9. The van der Waals surface area contributed by atoms with Crippen molar-refractivity contribution >= 4 is 39.3 Å². The third-order valence-corrected chi connectivity index (χ3v) is 5.00. The molecule has 26 heavy (non-hydrogen) atoms. The zero-order valence-corrected chi connectivity index (χ0v) is 16.4. The molecule has 5 heteroatoms. The summed E-state index contributed by atoms with van der Waals surface area (Å²) < 4.78 is 6.79. The highest BCUT2D eigenvalue weighted by Gasteiger charge is 2.04. The van der Waals surface area contributed by atoms with E-state index < -0.39 is 0 Å². The number of carbonyl (C=O) groups is 1. The molecular formula is C21H18BrNO2S. The maximum atomic E-state index is 12.1. The third-order valence-electron chi connectivity index (χ3n) is 3.51. The summed E-state index contributed by atoms with van der Waals surface area (Å²) in [7, 11) is 0. The number of amides is 1. The van der Waals surface area contributed by atoms with E-state index in [2.05, 4.69) is 33.4 Å². The Labute approximate surface area is 165 Å². The molecule has 0 aliphatic rings. The smallest absolute Gasteiger partial charge is 0.234 e. The minimum atomic E-state index is -0.0123. The molecule has 0 aliphatic heterocycles. The van der Waals surface area contributed by atoms with Gasteiger partial charge >= 0.3 is 0 Å². The van der Waals surface area contributed by atoms with Crippen molar-refractivity contribution in [1.82, 2.24) is 0 Å². The van der Waals surface area contributed by atoms with E-state index in [1.807, 2.05) is 66.7 Å². The van der Waals surface area contributed by atoms with Gasteiger partial charge in [0.1, 0.15) is 11.5 Å². The average molecular weight is 428 g/mol. The van der Waals surface area contributed by atoms with Gasteiger partial charge in [-0.1, -0.05) is 46.3 Å². The monoisotopic (exact) mass is 427 g/mol. The Morgan fingerprint density at radius 2 is 1.65 bits per heavy atom. The van der Waals surface area contributed by atoms with Gasteiger partial charge in [0.2, 0.25) is 5.91 Å². The van der Waals surface area contributed by atoms with E-state index in [1.54, 1.807) is 11.8 Å². The molecule has 0 spiro atoms. The molecule has 3 aromatic rings. The molecule has 0 bridgehead atoms. The second-order valence-electron chi connectivity index (χ2n) is 5.61.